The number of hydrogen-bond acceptors (Lipinski definition) is 6. The first-order chi connectivity index (χ1) is 16.3. The predicted octanol–water partition coefficient (Wildman–Crippen LogP) is 4.54. The fraction of sp³-hybridized carbons (Fsp3) is 0.296. The van der Waals surface area contributed by atoms with E-state index >= 15 is 0 Å². The Hall–Kier alpha value is -2.77. The Balaban J connectivity index is 1.31. The second kappa shape index (κ2) is 10.9. The van der Waals surface area contributed by atoms with Crippen LogP contribution < -0.4 is 15.4 Å². The van der Waals surface area contributed by atoms with Crippen molar-refractivity contribution in [2.24, 2.45) is 0 Å². The van der Waals surface area contributed by atoms with Crippen LogP contribution in [-0.2, 0) is 13.2 Å². The Kier molecular flexibility index (Phi) is 7.28. The number of aromatic nitrogens is 1. The van der Waals surface area contributed by atoms with Crippen molar-refractivity contribution < 1.29 is 4.74 Å². The van der Waals surface area contributed by atoms with E-state index in [9.17, 15) is 0 Å². The van der Waals surface area contributed by atoms with E-state index in [1.165, 1.54) is 26.1 Å². The molecule has 2 aromatic heterocycles. The highest BCUT2D eigenvalue weighted by Gasteiger charge is 2.11. The second-order valence-corrected chi connectivity index (χ2v) is 9.47. The van der Waals surface area contributed by atoms with Crippen molar-refractivity contribution in [3.8, 4) is 16.2 Å². The Morgan fingerprint density at radius 3 is 2.70 bits per heavy atom. The first kappa shape index (κ1) is 22.0. The van der Waals surface area contributed by atoms with Gasteiger partial charge in [0.1, 0.15) is 12.4 Å². The van der Waals surface area contributed by atoms with E-state index in [2.05, 4.69) is 69.0 Å². The third-order valence-corrected chi connectivity index (χ3v) is 7.21. The topological polar surface area (TPSA) is 49.4 Å². The minimum atomic E-state index is 0.540. The van der Waals surface area contributed by atoms with Crippen LogP contribution in [0.15, 0.2) is 73.1 Å². The molecule has 2 aromatic carbocycles. The van der Waals surface area contributed by atoms with E-state index in [-0.39, 0.29) is 0 Å². The van der Waals surface area contributed by atoms with Crippen molar-refractivity contribution in [1.82, 2.24) is 20.5 Å². The van der Waals surface area contributed by atoms with Gasteiger partial charge in [-0.3, -0.25) is 9.88 Å². The van der Waals surface area contributed by atoms with Gasteiger partial charge < -0.3 is 15.4 Å². The summed E-state index contributed by atoms with van der Waals surface area (Å²) in [6.07, 6.45) is 3.61. The number of ether oxygens (including phenoxy) is 1. The zero-order chi connectivity index (χ0) is 22.3. The lowest BCUT2D eigenvalue weighted by molar-refractivity contribution is 0.240. The van der Waals surface area contributed by atoms with Crippen molar-refractivity contribution in [3.63, 3.8) is 0 Å². The lowest BCUT2D eigenvalue weighted by atomic mass is 10.1. The van der Waals surface area contributed by atoms with Gasteiger partial charge in [-0.2, -0.15) is 0 Å². The molecular formula is C27H30N4OS. The molecule has 0 saturated carbocycles. The smallest absolute Gasteiger partial charge is 0.124 e. The van der Waals surface area contributed by atoms with Crippen LogP contribution in [0.5, 0.6) is 5.75 Å². The van der Waals surface area contributed by atoms with E-state index in [1.807, 2.05) is 35.9 Å². The average molecular weight is 459 g/mol. The summed E-state index contributed by atoms with van der Waals surface area (Å²) in [6, 6.07) is 21.4. The maximum absolute atomic E-state index is 6.24. The molecule has 5 nitrogen and oxygen atoms in total. The van der Waals surface area contributed by atoms with E-state index in [4.69, 9.17) is 4.74 Å². The van der Waals surface area contributed by atoms with E-state index in [0.717, 1.165) is 57.1 Å². The molecule has 1 aliphatic rings. The first-order valence-electron chi connectivity index (χ1n) is 11.6. The number of nitrogens with zero attached hydrogens (tertiary/aromatic N) is 2. The summed E-state index contributed by atoms with van der Waals surface area (Å²) < 4.78 is 7.56. The molecule has 1 aliphatic heterocycles. The van der Waals surface area contributed by atoms with Crippen molar-refractivity contribution in [2.45, 2.75) is 13.2 Å². The maximum atomic E-state index is 6.24. The van der Waals surface area contributed by atoms with E-state index in [1.54, 1.807) is 0 Å². The summed E-state index contributed by atoms with van der Waals surface area (Å²) in [5.41, 5.74) is 3.56. The molecular weight excluding hydrogens is 428 g/mol. The number of benzene rings is 2. The summed E-state index contributed by atoms with van der Waals surface area (Å²) in [4.78, 5) is 7.90. The van der Waals surface area contributed by atoms with Gasteiger partial charge in [-0.25, -0.2) is 0 Å². The van der Waals surface area contributed by atoms with Gasteiger partial charge in [-0.1, -0.05) is 18.2 Å². The van der Waals surface area contributed by atoms with Gasteiger partial charge in [-0.15, -0.1) is 11.3 Å². The molecule has 0 bridgehead atoms. The molecule has 0 aliphatic carbocycles. The molecule has 2 N–H and O–H groups in total. The van der Waals surface area contributed by atoms with Gasteiger partial charge in [0.15, 0.2) is 0 Å². The number of piperazine rings is 1. The lowest BCUT2D eigenvalue weighted by Crippen LogP contribution is -2.45. The first-order valence-corrected chi connectivity index (χ1v) is 12.4. The van der Waals surface area contributed by atoms with Crippen molar-refractivity contribution in [1.29, 1.82) is 0 Å². The molecule has 3 heterocycles. The summed E-state index contributed by atoms with van der Waals surface area (Å²) in [5, 5.41) is 8.36. The van der Waals surface area contributed by atoms with Crippen LogP contribution in [0.1, 0.15) is 11.1 Å². The monoisotopic (exact) mass is 458 g/mol. The highest BCUT2D eigenvalue weighted by Crippen LogP contribution is 2.35. The largest absolute Gasteiger partial charge is 0.489 e. The number of nitrogens with one attached hydrogen (secondary N) is 2. The molecule has 4 aromatic rings. The Labute approximate surface area is 199 Å². The average Bonchev–Trinajstić information content (AvgIpc) is 3.31. The molecule has 0 spiro atoms. The molecule has 0 unspecified atom stereocenters. The quantitative estimate of drug-likeness (QED) is 0.361. The van der Waals surface area contributed by atoms with Crippen LogP contribution in [0.4, 0.5) is 0 Å². The zero-order valence-corrected chi connectivity index (χ0v) is 19.6. The van der Waals surface area contributed by atoms with Gasteiger partial charge in [0, 0.05) is 73.3 Å². The van der Waals surface area contributed by atoms with Crippen LogP contribution in [-0.4, -0.2) is 49.2 Å². The van der Waals surface area contributed by atoms with Crippen molar-refractivity contribution >= 4 is 21.4 Å². The molecule has 0 atom stereocenters. The number of rotatable bonds is 9. The van der Waals surface area contributed by atoms with Gasteiger partial charge in [-0.05, 0) is 59.0 Å². The number of hydrogen-bond donors (Lipinski definition) is 2. The van der Waals surface area contributed by atoms with Gasteiger partial charge in [0.2, 0.25) is 0 Å². The minimum Gasteiger partial charge on any atom is -0.489 e. The van der Waals surface area contributed by atoms with Crippen LogP contribution >= 0.6 is 11.3 Å². The van der Waals surface area contributed by atoms with E-state index < -0.39 is 0 Å². The fourth-order valence-corrected chi connectivity index (χ4v) is 5.23. The minimum absolute atomic E-state index is 0.540. The molecule has 0 radical (unpaired) electrons. The third kappa shape index (κ3) is 5.78. The van der Waals surface area contributed by atoms with Crippen molar-refractivity contribution in [3.05, 3.63) is 84.2 Å². The normalized spacial score (nSPS) is 14.5. The lowest BCUT2D eigenvalue weighted by Gasteiger charge is -2.27. The molecule has 1 saturated heterocycles. The highest BCUT2D eigenvalue weighted by molar-refractivity contribution is 7.22. The Morgan fingerprint density at radius 2 is 1.85 bits per heavy atom. The highest BCUT2D eigenvalue weighted by atomic mass is 32.1. The molecule has 33 heavy (non-hydrogen) atoms. The molecule has 170 valence electrons. The Bertz CT molecular complexity index is 1140. The van der Waals surface area contributed by atoms with Crippen LogP contribution in [0.3, 0.4) is 0 Å². The van der Waals surface area contributed by atoms with Crippen LogP contribution in [0.2, 0.25) is 0 Å². The summed E-state index contributed by atoms with van der Waals surface area (Å²) in [6.45, 7) is 7.80. The SMILES string of the molecule is c1ccc2sc(-c3ccc(OCc4ccncc4)c(CNCCN4CCNCC4)c3)cc2c1. The summed E-state index contributed by atoms with van der Waals surface area (Å²) >= 11 is 1.84. The van der Waals surface area contributed by atoms with Crippen LogP contribution in [0.25, 0.3) is 20.5 Å². The molecule has 6 heteroatoms. The summed E-state index contributed by atoms with van der Waals surface area (Å²) in [5.74, 6) is 0.936. The molecule has 1 fully saturated rings. The van der Waals surface area contributed by atoms with Gasteiger partial charge in [0.25, 0.3) is 0 Å². The number of thiophene rings is 1. The third-order valence-electron chi connectivity index (χ3n) is 6.04. The standard InChI is InChI=1S/C27H30N4OS/c1-2-4-26-22(3-1)18-27(33-26)23-5-6-25(32-20-21-7-9-28-10-8-21)24(17-23)19-30-13-16-31-14-11-29-12-15-31/h1-10,17-18,29-30H,11-16,19-20H2. The number of fused-ring (bicyclic) bond motifs is 1. The summed E-state index contributed by atoms with van der Waals surface area (Å²) in [7, 11) is 0. The van der Waals surface area contributed by atoms with E-state index in [0.29, 0.717) is 6.61 Å². The molecule has 5 rings (SSSR count). The van der Waals surface area contributed by atoms with Crippen LogP contribution in [0, 0.1) is 0 Å². The second-order valence-electron chi connectivity index (χ2n) is 8.38. The van der Waals surface area contributed by atoms with Gasteiger partial charge >= 0.3 is 0 Å². The van der Waals surface area contributed by atoms with Crippen molar-refractivity contribution in [2.75, 3.05) is 39.3 Å². The van der Waals surface area contributed by atoms with Gasteiger partial charge in [0.05, 0.1) is 0 Å². The fourth-order valence-electron chi connectivity index (χ4n) is 4.17. The number of pyridine rings is 1. The zero-order valence-electron chi connectivity index (χ0n) is 18.8. The molecule has 0 amide bonds. The maximum Gasteiger partial charge on any atom is 0.124 e. The predicted molar refractivity (Wildman–Crippen MR) is 137 cm³/mol. The Morgan fingerprint density at radius 1 is 1.00 bits per heavy atom.